The number of carbonyl (C=O) groups excluding carboxylic acids is 1. The molecule has 1 saturated heterocycles. The average molecular weight is 470 g/mol. The maximum Gasteiger partial charge on any atom is 0.243 e. The molecule has 5 nitrogen and oxygen atoms in total. The number of amides is 1. The van der Waals surface area contributed by atoms with Crippen LogP contribution >= 0.6 is 11.6 Å². The number of carbonyl (C=O) groups is 1. The van der Waals surface area contributed by atoms with E-state index in [1.54, 1.807) is 6.07 Å². The van der Waals surface area contributed by atoms with Gasteiger partial charge in [0.15, 0.2) is 0 Å². The van der Waals surface area contributed by atoms with Crippen LogP contribution in [0.5, 0.6) is 0 Å². The zero-order valence-corrected chi connectivity index (χ0v) is 19.4. The molecule has 0 unspecified atom stereocenters. The van der Waals surface area contributed by atoms with E-state index in [9.17, 15) is 9.18 Å². The van der Waals surface area contributed by atoms with Gasteiger partial charge >= 0.3 is 0 Å². The minimum absolute atomic E-state index is 0.00688. The number of imidazole rings is 1. The molecule has 0 radical (unpaired) electrons. The first-order valence-electron chi connectivity index (χ1n) is 11.9. The van der Waals surface area contributed by atoms with E-state index in [1.807, 2.05) is 28.8 Å². The fraction of sp³-hybridized carbons (Fsp3) is 0.462. The number of nitrogens with zero attached hydrogens (tertiary/aromatic N) is 2. The molecule has 2 aliphatic rings. The van der Waals surface area contributed by atoms with Gasteiger partial charge in [0.2, 0.25) is 5.91 Å². The highest BCUT2D eigenvalue weighted by molar-refractivity contribution is 6.30. The molecule has 33 heavy (non-hydrogen) atoms. The lowest BCUT2D eigenvalue weighted by Gasteiger charge is -2.33. The van der Waals surface area contributed by atoms with Gasteiger partial charge in [0.25, 0.3) is 0 Å². The Labute approximate surface area is 198 Å². The number of rotatable bonds is 5. The number of hydrogen-bond acceptors (Lipinski definition) is 3. The summed E-state index contributed by atoms with van der Waals surface area (Å²) in [5, 5.41) is 3.96. The zero-order valence-electron chi connectivity index (χ0n) is 18.6. The summed E-state index contributed by atoms with van der Waals surface area (Å²) in [6.45, 7) is 1.24. The largest absolute Gasteiger partial charge is 0.381 e. The highest BCUT2D eigenvalue weighted by atomic mass is 35.5. The molecule has 1 aliphatic carbocycles. The van der Waals surface area contributed by atoms with E-state index >= 15 is 0 Å². The molecule has 1 saturated carbocycles. The molecule has 5 rings (SSSR count). The number of halogens is 2. The van der Waals surface area contributed by atoms with Crippen LogP contribution in [0, 0.1) is 11.7 Å². The van der Waals surface area contributed by atoms with Gasteiger partial charge in [-0.2, -0.15) is 0 Å². The third-order valence-corrected chi connectivity index (χ3v) is 7.22. The molecule has 7 heteroatoms. The first-order chi connectivity index (χ1) is 16.1. The van der Waals surface area contributed by atoms with Crippen molar-refractivity contribution in [2.45, 2.75) is 57.0 Å². The van der Waals surface area contributed by atoms with E-state index < -0.39 is 6.04 Å². The second-order valence-electron chi connectivity index (χ2n) is 9.18. The van der Waals surface area contributed by atoms with Crippen molar-refractivity contribution in [3.05, 3.63) is 53.3 Å². The number of benzene rings is 2. The molecule has 1 atom stereocenters. The van der Waals surface area contributed by atoms with Crippen LogP contribution in [0.25, 0.3) is 22.4 Å². The first kappa shape index (κ1) is 22.4. The molecule has 1 aliphatic heterocycles. The highest BCUT2D eigenvalue weighted by Gasteiger charge is 2.35. The number of nitrogens with one attached hydrogen (secondary N) is 1. The lowest BCUT2D eigenvalue weighted by atomic mass is 9.89. The second-order valence-corrected chi connectivity index (χ2v) is 9.62. The van der Waals surface area contributed by atoms with Crippen molar-refractivity contribution >= 4 is 28.5 Å². The Hall–Kier alpha value is -2.44. The monoisotopic (exact) mass is 469 g/mol. The van der Waals surface area contributed by atoms with Crippen molar-refractivity contribution in [2.75, 3.05) is 13.2 Å². The van der Waals surface area contributed by atoms with Gasteiger partial charge in [-0.3, -0.25) is 4.79 Å². The van der Waals surface area contributed by atoms with Gasteiger partial charge in [-0.15, -0.1) is 0 Å². The summed E-state index contributed by atoms with van der Waals surface area (Å²) in [6, 6.07) is 11.7. The summed E-state index contributed by atoms with van der Waals surface area (Å²) >= 11 is 6.13. The van der Waals surface area contributed by atoms with E-state index in [4.69, 9.17) is 21.3 Å². The Morgan fingerprint density at radius 2 is 1.79 bits per heavy atom. The fourth-order valence-electron chi connectivity index (χ4n) is 5.26. The van der Waals surface area contributed by atoms with Gasteiger partial charge in [-0.05, 0) is 74.1 Å². The number of aromatic nitrogens is 2. The molecule has 1 N–H and O–H groups in total. The summed E-state index contributed by atoms with van der Waals surface area (Å²) in [5.41, 5.74) is 2.15. The lowest BCUT2D eigenvalue weighted by Crippen LogP contribution is -2.44. The normalized spacial score (nSPS) is 19.0. The van der Waals surface area contributed by atoms with Gasteiger partial charge in [0, 0.05) is 29.8 Å². The maximum absolute atomic E-state index is 14.4. The topological polar surface area (TPSA) is 56.1 Å². The molecular formula is C26H29ClFN3O2. The van der Waals surface area contributed by atoms with Crippen LogP contribution in [0.1, 0.15) is 51.0 Å². The van der Waals surface area contributed by atoms with Crippen molar-refractivity contribution in [2.24, 2.45) is 5.92 Å². The summed E-state index contributed by atoms with van der Waals surface area (Å²) < 4.78 is 21.9. The highest BCUT2D eigenvalue weighted by Crippen LogP contribution is 2.36. The molecule has 2 fully saturated rings. The van der Waals surface area contributed by atoms with Crippen LogP contribution < -0.4 is 5.32 Å². The van der Waals surface area contributed by atoms with Crippen molar-refractivity contribution in [3.8, 4) is 11.4 Å². The summed E-state index contributed by atoms with van der Waals surface area (Å²) in [6.07, 6.45) is 7.08. The van der Waals surface area contributed by atoms with Gasteiger partial charge in [0.05, 0.1) is 11.0 Å². The molecule has 1 aromatic heterocycles. The van der Waals surface area contributed by atoms with Crippen LogP contribution in [-0.4, -0.2) is 34.7 Å². The van der Waals surface area contributed by atoms with Crippen molar-refractivity contribution < 1.29 is 13.9 Å². The minimum atomic E-state index is -0.492. The number of fused-ring (bicyclic) bond motifs is 1. The first-order valence-corrected chi connectivity index (χ1v) is 12.3. The maximum atomic E-state index is 14.4. The van der Waals surface area contributed by atoms with Gasteiger partial charge < -0.3 is 14.6 Å². The van der Waals surface area contributed by atoms with Crippen LogP contribution in [0.3, 0.4) is 0 Å². The molecule has 0 spiro atoms. The molecule has 0 bridgehead atoms. The van der Waals surface area contributed by atoms with E-state index in [0.29, 0.717) is 35.1 Å². The second kappa shape index (κ2) is 9.82. The van der Waals surface area contributed by atoms with E-state index in [0.717, 1.165) is 44.1 Å². The predicted molar refractivity (Wildman–Crippen MR) is 128 cm³/mol. The predicted octanol–water partition coefficient (Wildman–Crippen LogP) is 5.91. The standard InChI is InChI=1S/C26H29ClFN3O2/c27-19-8-6-18(7-9-19)25-30-22-11-10-20(28)16-23(22)31(25)24(17-12-14-33-15-13-17)26(32)29-21-4-2-1-3-5-21/h6-11,16-17,21,24H,1-5,12-15H2,(H,29,32)/t24-/m1/s1. The minimum Gasteiger partial charge on any atom is -0.381 e. The van der Waals surface area contributed by atoms with E-state index in [-0.39, 0.29) is 23.7 Å². The molecule has 2 aromatic carbocycles. The Morgan fingerprint density at radius 1 is 1.06 bits per heavy atom. The van der Waals surface area contributed by atoms with Crippen molar-refractivity contribution in [3.63, 3.8) is 0 Å². The van der Waals surface area contributed by atoms with Crippen molar-refractivity contribution in [1.82, 2.24) is 14.9 Å². The molecule has 1 amide bonds. The quantitative estimate of drug-likeness (QED) is 0.505. The Kier molecular flexibility index (Phi) is 6.65. The zero-order chi connectivity index (χ0) is 22.8. The summed E-state index contributed by atoms with van der Waals surface area (Å²) in [5.74, 6) is 0.383. The van der Waals surface area contributed by atoms with Gasteiger partial charge in [-0.1, -0.05) is 30.9 Å². The Bertz CT molecular complexity index is 1120. The lowest BCUT2D eigenvalue weighted by molar-refractivity contribution is -0.127. The SMILES string of the molecule is O=C(NC1CCCCC1)[C@@H](C1CCOCC1)n1c(-c2ccc(Cl)cc2)nc2ccc(F)cc21. The molecule has 174 valence electrons. The van der Waals surface area contributed by atoms with Gasteiger partial charge in [-0.25, -0.2) is 9.37 Å². The summed E-state index contributed by atoms with van der Waals surface area (Å²) in [7, 11) is 0. The van der Waals surface area contributed by atoms with Crippen LogP contribution in [0.2, 0.25) is 5.02 Å². The number of ether oxygens (including phenoxy) is 1. The third kappa shape index (κ3) is 4.78. The summed E-state index contributed by atoms with van der Waals surface area (Å²) in [4.78, 5) is 18.7. The molecule has 3 aromatic rings. The number of hydrogen-bond donors (Lipinski definition) is 1. The third-order valence-electron chi connectivity index (χ3n) is 6.96. The van der Waals surface area contributed by atoms with Crippen LogP contribution in [0.4, 0.5) is 4.39 Å². The average Bonchev–Trinajstić information content (AvgIpc) is 3.19. The van der Waals surface area contributed by atoms with Gasteiger partial charge in [0.1, 0.15) is 17.7 Å². The van der Waals surface area contributed by atoms with Crippen molar-refractivity contribution in [1.29, 1.82) is 0 Å². The van der Waals surface area contributed by atoms with Crippen LogP contribution in [0.15, 0.2) is 42.5 Å². The Balaban J connectivity index is 1.63. The Morgan fingerprint density at radius 3 is 2.52 bits per heavy atom. The van der Waals surface area contributed by atoms with E-state index in [1.165, 1.54) is 18.6 Å². The van der Waals surface area contributed by atoms with E-state index in [2.05, 4.69) is 5.32 Å². The fourth-order valence-corrected chi connectivity index (χ4v) is 5.38. The smallest absolute Gasteiger partial charge is 0.243 e. The molecule has 2 heterocycles. The van der Waals surface area contributed by atoms with Crippen LogP contribution in [-0.2, 0) is 9.53 Å². The molecular weight excluding hydrogens is 441 g/mol.